The number of imidazole rings is 1. The monoisotopic (exact) mass is 263 g/mol. The van der Waals surface area contributed by atoms with Crippen molar-refractivity contribution in [3.8, 4) is 5.75 Å². The van der Waals surface area contributed by atoms with Crippen molar-refractivity contribution in [2.45, 2.75) is 12.8 Å². The Bertz CT molecular complexity index is 539. The van der Waals surface area contributed by atoms with E-state index in [0.29, 0.717) is 26.0 Å². The molecule has 1 aromatic heterocycles. The maximum atomic E-state index is 13.7. The highest BCUT2D eigenvalue weighted by Crippen LogP contribution is 2.18. The van der Waals surface area contributed by atoms with E-state index in [4.69, 9.17) is 10.5 Å². The molecular weight excluding hydrogens is 245 g/mol. The second-order valence-electron chi connectivity index (χ2n) is 4.36. The number of hydrogen-bond acceptors (Lipinski definition) is 3. The van der Waals surface area contributed by atoms with Crippen LogP contribution in [-0.4, -0.2) is 22.7 Å². The summed E-state index contributed by atoms with van der Waals surface area (Å²) in [5.41, 5.74) is 6.32. The Kier molecular flexibility index (Phi) is 4.52. The van der Waals surface area contributed by atoms with Gasteiger partial charge in [-0.3, -0.25) is 0 Å². The Morgan fingerprint density at radius 3 is 2.84 bits per heavy atom. The first-order valence-corrected chi connectivity index (χ1v) is 6.28. The molecule has 0 saturated carbocycles. The molecule has 0 unspecified atom stereocenters. The van der Waals surface area contributed by atoms with Crippen molar-refractivity contribution < 1.29 is 9.13 Å². The van der Waals surface area contributed by atoms with Crippen molar-refractivity contribution in [3.63, 3.8) is 0 Å². The summed E-state index contributed by atoms with van der Waals surface area (Å²) in [4.78, 5) is 4.18. The third-order valence-corrected chi connectivity index (χ3v) is 2.93. The quantitative estimate of drug-likeness (QED) is 0.862. The first-order valence-electron chi connectivity index (χ1n) is 6.28. The molecule has 102 valence electrons. The number of rotatable bonds is 6. The van der Waals surface area contributed by atoms with Gasteiger partial charge in [0.1, 0.15) is 5.82 Å². The Morgan fingerprint density at radius 2 is 2.21 bits per heavy atom. The minimum atomic E-state index is -0.342. The molecule has 0 aliphatic rings. The van der Waals surface area contributed by atoms with E-state index in [9.17, 15) is 4.39 Å². The Hall–Kier alpha value is -1.88. The van der Waals surface area contributed by atoms with E-state index < -0.39 is 0 Å². The van der Waals surface area contributed by atoms with Crippen LogP contribution in [0, 0.1) is 5.82 Å². The third-order valence-electron chi connectivity index (χ3n) is 2.93. The van der Waals surface area contributed by atoms with Gasteiger partial charge < -0.3 is 15.0 Å². The normalized spacial score (nSPS) is 10.7. The summed E-state index contributed by atoms with van der Waals surface area (Å²) < 4.78 is 21.1. The summed E-state index contributed by atoms with van der Waals surface area (Å²) in [5, 5.41) is 0. The molecule has 4 nitrogen and oxygen atoms in total. The molecule has 0 atom stereocenters. The molecule has 2 rings (SSSR count). The first-order chi connectivity index (χ1) is 9.20. The predicted octanol–water partition coefficient (Wildman–Crippen LogP) is 1.68. The highest BCUT2D eigenvalue weighted by Gasteiger charge is 2.06. The van der Waals surface area contributed by atoms with Gasteiger partial charge in [-0.2, -0.15) is 0 Å². The van der Waals surface area contributed by atoms with Crippen LogP contribution in [0.5, 0.6) is 5.75 Å². The molecule has 0 aliphatic heterocycles. The fourth-order valence-electron chi connectivity index (χ4n) is 1.87. The van der Waals surface area contributed by atoms with Crippen LogP contribution in [0.15, 0.2) is 30.6 Å². The van der Waals surface area contributed by atoms with E-state index in [1.807, 2.05) is 23.9 Å². The molecule has 2 N–H and O–H groups in total. The van der Waals surface area contributed by atoms with E-state index >= 15 is 0 Å². The van der Waals surface area contributed by atoms with Gasteiger partial charge in [-0.15, -0.1) is 0 Å². The van der Waals surface area contributed by atoms with Gasteiger partial charge in [-0.1, -0.05) is 6.07 Å². The molecule has 2 aromatic rings. The largest absolute Gasteiger partial charge is 0.490 e. The number of nitrogens with zero attached hydrogens (tertiary/aromatic N) is 2. The number of ether oxygens (including phenoxy) is 1. The molecule has 19 heavy (non-hydrogen) atoms. The zero-order valence-electron chi connectivity index (χ0n) is 11.0. The Morgan fingerprint density at radius 1 is 1.37 bits per heavy atom. The Labute approximate surface area is 112 Å². The van der Waals surface area contributed by atoms with Gasteiger partial charge in [-0.25, -0.2) is 9.37 Å². The molecule has 0 bridgehead atoms. The lowest BCUT2D eigenvalue weighted by molar-refractivity contribution is 0.301. The highest BCUT2D eigenvalue weighted by molar-refractivity contribution is 5.29. The van der Waals surface area contributed by atoms with Crippen molar-refractivity contribution in [2.75, 3.05) is 13.2 Å². The van der Waals surface area contributed by atoms with E-state index in [2.05, 4.69) is 4.98 Å². The number of benzene rings is 1. The van der Waals surface area contributed by atoms with Crippen LogP contribution in [0.25, 0.3) is 0 Å². The van der Waals surface area contributed by atoms with Gasteiger partial charge >= 0.3 is 0 Å². The van der Waals surface area contributed by atoms with Gasteiger partial charge in [0.2, 0.25) is 0 Å². The van der Waals surface area contributed by atoms with Crippen LogP contribution in [0.4, 0.5) is 4.39 Å². The maximum Gasteiger partial charge on any atom is 0.165 e. The molecule has 0 amide bonds. The molecule has 0 spiro atoms. The minimum Gasteiger partial charge on any atom is -0.490 e. The van der Waals surface area contributed by atoms with Gasteiger partial charge in [0, 0.05) is 25.9 Å². The van der Waals surface area contributed by atoms with Crippen molar-refractivity contribution in [3.05, 3.63) is 47.8 Å². The SMILES string of the molecule is Cn1ccnc1CCOc1ccc(CCN)cc1F. The molecular formula is C14H18FN3O. The number of aryl methyl sites for hydroxylation is 1. The second kappa shape index (κ2) is 6.33. The zero-order valence-corrected chi connectivity index (χ0v) is 11.0. The minimum absolute atomic E-state index is 0.273. The maximum absolute atomic E-state index is 13.7. The summed E-state index contributed by atoms with van der Waals surface area (Å²) in [6.45, 7) is 0.914. The van der Waals surface area contributed by atoms with Crippen LogP contribution in [0.3, 0.4) is 0 Å². The van der Waals surface area contributed by atoms with Crippen molar-refractivity contribution in [1.82, 2.24) is 9.55 Å². The fourth-order valence-corrected chi connectivity index (χ4v) is 1.87. The number of hydrogen-bond donors (Lipinski definition) is 1. The summed E-state index contributed by atoms with van der Waals surface area (Å²) >= 11 is 0. The summed E-state index contributed by atoms with van der Waals surface area (Å²) in [5.74, 6) is 0.848. The van der Waals surface area contributed by atoms with Crippen molar-refractivity contribution >= 4 is 0 Å². The lowest BCUT2D eigenvalue weighted by Gasteiger charge is -2.08. The number of aromatic nitrogens is 2. The van der Waals surface area contributed by atoms with Gasteiger partial charge in [0.15, 0.2) is 11.6 Å². The average molecular weight is 263 g/mol. The van der Waals surface area contributed by atoms with Crippen LogP contribution >= 0.6 is 0 Å². The first kappa shape index (κ1) is 13.5. The van der Waals surface area contributed by atoms with E-state index in [1.165, 1.54) is 6.07 Å². The van der Waals surface area contributed by atoms with Crippen LogP contribution < -0.4 is 10.5 Å². The smallest absolute Gasteiger partial charge is 0.165 e. The van der Waals surface area contributed by atoms with E-state index in [1.54, 1.807) is 12.3 Å². The summed E-state index contributed by atoms with van der Waals surface area (Å²) in [6.07, 6.45) is 4.92. The van der Waals surface area contributed by atoms with E-state index in [-0.39, 0.29) is 11.6 Å². The second-order valence-corrected chi connectivity index (χ2v) is 4.36. The molecule has 0 radical (unpaired) electrons. The molecule has 5 heteroatoms. The van der Waals surface area contributed by atoms with Crippen LogP contribution in [-0.2, 0) is 19.9 Å². The Balaban J connectivity index is 1.91. The van der Waals surface area contributed by atoms with E-state index in [0.717, 1.165) is 11.4 Å². The summed E-state index contributed by atoms with van der Waals surface area (Å²) in [6, 6.07) is 4.97. The highest BCUT2D eigenvalue weighted by atomic mass is 19.1. The fraction of sp³-hybridized carbons (Fsp3) is 0.357. The molecule has 1 heterocycles. The number of nitrogens with two attached hydrogens (primary N) is 1. The average Bonchev–Trinajstić information content (AvgIpc) is 2.78. The lowest BCUT2D eigenvalue weighted by atomic mass is 10.1. The van der Waals surface area contributed by atoms with Gasteiger partial charge in [0.25, 0.3) is 0 Å². The van der Waals surface area contributed by atoms with Gasteiger partial charge in [-0.05, 0) is 30.7 Å². The van der Waals surface area contributed by atoms with Crippen molar-refractivity contribution in [2.24, 2.45) is 12.8 Å². The predicted molar refractivity (Wildman–Crippen MR) is 71.6 cm³/mol. The van der Waals surface area contributed by atoms with Crippen molar-refractivity contribution in [1.29, 1.82) is 0 Å². The third kappa shape index (κ3) is 3.54. The molecule has 0 saturated heterocycles. The summed E-state index contributed by atoms with van der Waals surface area (Å²) in [7, 11) is 1.92. The van der Waals surface area contributed by atoms with Gasteiger partial charge in [0.05, 0.1) is 6.61 Å². The van der Waals surface area contributed by atoms with Crippen LogP contribution in [0.1, 0.15) is 11.4 Å². The zero-order chi connectivity index (χ0) is 13.7. The number of halogens is 1. The topological polar surface area (TPSA) is 53.1 Å². The van der Waals surface area contributed by atoms with Crippen LogP contribution in [0.2, 0.25) is 0 Å². The molecule has 0 aliphatic carbocycles. The molecule has 0 fully saturated rings. The standard InChI is InChI=1S/C14H18FN3O/c1-18-8-7-17-14(18)5-9-19-13-3-2-11(4-6-16)10-12(13)15/h2-3,7-8,10H,4-6,9,16H2,1H3. The molecule has 1 aromatic carbocycles. The lowest BCUT2D eigenvalue weighted by Crippen LogP contribution is -2.07.